The summed E-state index contributed by atoms with van der Waals surface area (Å²) in [7, 11) is 0. The summed E-state index contributed by atoms with van der Waals surface area (Å²) in [6, 6.07) is 12.1. The molecular weight excluding hydrogens is 336 g/mol. The molecule has 5 heteroatoms. The van der Waals surface area contributed by atoms with Crippen molar-refractivity contribution in [3.8, 4) is 0 Å². The molecule has 0 aliphatic rings. The minimum absolute atomic E-state index is 0.00776. The van der Waals surface area contributed by atoms with E-state index in [9.17, 15) is 4.79 Å². The van der Waals surface area contributed by atoms with Crippen LogP contribution in [0.15, 0.2) is 46.3 Å². The van der Waals surface area contributed by atoms with Crippen LogP contribution in [0.25, 0.3) is 0 Å². The Morgan fingerprint density at radius 1 is 1.30 bits per heavy atom. The van der Waals surface area contributed by atoms with E-state index in [4.69, 9.17) is 0 Å². The van der Waals surface area contributed by atoms with E-state index in [1.54, 1.807) is 11.3 Å². The predicted molar refractivity (Wildman–Crippen MR) is 86.7 cm³/mol. The highest BCUT2D eigenvalue weighted by Gasteiger charge is 2.11. The van der Waals surface area contributed by atoms with Crippen molar-refractivity contribution in [1.29, 1.82) is 0 Å². The maximum Gasteiger partial charge on any atom is 0.234 e. The normalized spacial score (nSPS) is 12.1. The molecule has 2 N–H and O–H groups in total. The SMILES string of the molecule is CC(NCC(=O)NCc1ccccc1)c1sccc1Br. The lowest BCUT2D eigenvalue weighted by molar-refractivity contribution is -0.120. The molecule has 1 unspecified atom stereocenters. The van der Waals surface area contributed by atoms with Crippen molar-refractivity contribution >= 4 is 33.2 Å². The Balaban J connectivity index is 1.74. The molecule has 0 fully saturated rings. The van der Waals surface area contributed by atoms with Gasteiger partial charge in [-0.3, -0.25) is 4.79 Å². The fourth-order valence-electron chi connectivity index (χ4n) is 1.81. The molecule has 0 saturated carbocycles. The Bertz CT molecular complexity index is 556. The van der Waals surface area contributed by atoms with Crippen LogP contribution in [0, 0.1) is 0 Å². The molecule has 1 amide bonds. The standard InChI is InChI=1S/C15H17BrN2OS/c1-11(15-13(16)7-8-20-15)17-10-14(19)18-9-12-5-3-2-4-6-12/h2-8,11,17H,9-10H2,1H3,(H,18,19). The van der Waals surface area contributed by atoms with Crippen LogP contribution in [0.3, 0.4) is 0 Å². The van der Waals surface area contributed by atoms with Gasteiger partial charge in [0.05, 0.1) is 6.54 Å². The zero-order chi connectivity index (χ0) is 14.4. The van der Waals surface area contributed by atoms with Crippen molar-refractivity contribution in [1.82, 2.24) is 10.6 Å². The third kappa shape index (κ3) is 4.44. The van der Waals surface area contributed by atoms with Crippen molar-refractivity contribution < 1.29 is 4.79 Å². The minimum atomic E-state index is 0.00776. The summed E-state index contributed by atoms with van der Waals surface area (Å²) in [5, 5.41) is 8.17. The van der Waals surface area contributed by atoms with Crippen molar-refractivity contribution in [2.45, 2.75) is 19.5 Å². The van der Waals surface area contributed by atoms with Crippen LogP contribution in [0.2, 0.25) is 0 Å². The zero-order valence-electron chi connectivity index (χ0n) is 11.2. The van der Waals surface area contributed by atoms with Gasteiger partial charge in [0.1, 0.15) is 0 Å². The van der Waals surface area contributed by atoms with E-state index in [2.05, 4.69) is 33.5 Å². The fourth-order valence-corrected chi connectivity index (χ4v) is 3.56. The Kier molecular flexibility index (Phi) is 5.76. The first-order valence-corrected chi connectivity index (χ1v) is 8.11. The van der Waals surface area contributed by atoms with E-state index in [1.807, 2.05) is 41.8 Å². The number of carbonyl (C=O) groups is 1. The van der Waals surface area contributed by atoms with Gasteiger partial charge in [0.2, 0.25) is 5.91 Å². The van der Waals surface area contributed by atoms with E-state index in [0.29, 0.717) is 13.1 Å². The largest absolute Gasteiger partial charge is 0.351 e. The summed E-state index contributed by atoms with van der Waals surface area (Å²) < 4.78 is 1.09. The van der Waals surface area contributed by atoms with Crippen LogP contribution < -0.4 is 10.6 Å². The van der Waals surface area contributed by atoms with Gasteiger partial charge < -0.3 is 10.6 Å². The summed E-state index contributed by atoms with van der Waals surface area (Å²) in [6.45, 7) is 2.94. The number of carbonyl (C=O) groups excluding carboxylic acids is 1. The van der Waals surface area contributed by atoms with Gasteiger partial charge in [0, 0.05) is 21.9 Å². The van der Waals surface area contributed by atoms with Crippen LogP contribution in [0.1, 0.15) is 23.4 Å². The Morgan fingerprint density at radius 3 is 2.70 bits per heavy atom. The summed E-state index contributed by atoms with van der Waals surface area (Å²) in [5.74, 6) is 0.00776. The molecule has 0 radical (unpaired) electrons. The second-order valence-electron chi connectivity index (χ2n) is 4.50. The average Bonchev–Trinajstić information content (AvgIpc) is 2.90. The van der Waals surface area contributed by atoms with E-state index in [0.717, 1.165) is 10.0 Å². The molecule has 0 spiro atoms. The second kappa shape index (κ2) is 7.57. The third-order valence-electron chi connectivity index (χ3n) is 2.94. The van der Waals surface area contributed by atoms with E-state index < -0.39 is 0 Å². The molecular formula is C15H17BrN2OS. The van der Waals surface area contributed by atoms with E-state index >= 15 is 0 Å². The van der Waals surface area contributed by atoms with E-state index in [1.165, 1.54) is 4.88 Å². The molecule has 0 saturated heterocycles. The van der Waals surface area contributed by atoms with Crippen LogP contribution in [-0.4, -0.2) is 12.5 Å². The molecule has 3 nitrogen and oxygen atoms in total. The van der Waals surface area contributed by atoms with Gasteiger partial charge in [-0.25, -0.2) is 0 Å². The van der Waals surface area contributed by atoms with Crippen molar-refractivity contribution in [2.24, 2.45) is 0 Å². The molecule has 0 aliphatic carbocycles. The molecule has 1 atom stereocenters. The highest BCUT2D eigenvalue weighted by Crippen LogP contribution is 2.28. The lowest BCUT2D eigenvalue weighted by Gasteiger charge is -2.13. The van der Waals surface area contributed by atoms with Gasteiger partial charge in [-0.05, 0) is 39.9 Å². The third-order valence-corrected chi connectivity index (χ3v) is 4.99. The molecule has 0 bridgehead atoms. The highest BCUT2D eigenvalue weighted by atomic mass is 79.9. The number of benzene rings is 1. The Labute approximate surface area is 131 Å². The molecule has 1 aromatic heterocycles. The monoisotopic (exact) mass is 352 g/mol. The number of halogens is 1. The smallest absolute Gasteiger partial charge is 0.234 e. The minimum Gasteiger partial charge on any atom is -0.351 e. The topological polar surface area (TPSA) is 41.1 Å². The average molecular weight is 353 g/mol. The molecule has 0 aliphatic heterocycles. The van der Waals surface area contributed by atoms with Crippen LogP contribution in [-0.2, 0) is 11.3 Å². The van der Waals surface area contributed by atoms with Crippen LogP contribution in [0.5, 0.6) is 0 Å². The molecule has 1 aromatic carbocycles. The number of amides is 1. The zero-order valence-corrected chi connectivity index (χ0v) is 13.6. The van der Waals surface area contributed by atoms with Crippen molar-refractivity contribution in [3.05, 3.63) is 56.7 Å². The summed E-state index contributed by atoms with van der Waals surface area (Å²) in [6.07, 6.45) is 0. The highest BCUT2D eigenvalue weighted by molar-refractivity contribution is 9.10. The van der Waals surface area contributed by atoms with Crippen LogP contribution >= 0.6 is 27.3 Å². The Morgan fingerprint density at radius 2 is 2.05 bits per heavy atom. The fraction of sp³-hybridized carbons (Fsp3) is 0.267. The molecule has 2 rings (SSSR count). The second-order valence-corrected chi connectivity index (χ2v) is 6.30. The van der Waals surface area contributed by atoms with Crippen molar-refractivity contribution in [2.75, 3.05) is 6.54 Å². The van der Waals surface area contributed by atoms with Gasteiger partial charge in [0.15, 0.2) is 0 Å². The lowest BCUT2D eigenvalue weighted by atomic mass is 10.2. The molecule has 20 heavy (non-hydrogen) atoms. The number of thiophene rings is 1. The van der Waals surface area contributed by atoms with E-state index in [-0.39, 0.29) is 11.9 Å². The summed E-state index contributed by atoms with van der Waals surface area (Å²) in [5.41, 5.74) is 1.11. The van der Waals surface area contributed by atoms with Gasteiger partial charge in [-0.2, -0.15) is 0 Å². The van der Waals surface area contributed by atoms with Gasteiger partial charge in [0.25, 0.3) is 0 Å². The molecule has 106 valence electrons. The Hall–Kier alpha value is -1.17. The first kappa shape index (κ1) is 15.2. The number of hydrogen-bond donors (Lipinski definition) is 2. The molecule has 1 heterocycles. The van der Waals surface area contributed by atoms with Gasteiger partial charge in [-0.1, -0.05) is 30.3 Å². The summed E-state index contributed by atoms with van der Waals surface area (Å²) >= 11 is 5.18. The maximum atomic E-state index is 11.8. The quantitative estimate of drug-likeness (QED) is 0.835. The van der Waals surface area contributed by atoms with Crippen LogP contribution in [0.4, 0.5) is 0 Å². The van der Waals surface area contributed by atoms with Gasteiger partial charge in [-0.15, -0.1) is 11.3 Å². The number of rotatable bonds is 6. The summed E-state index contributed by atoms with van der Waals surface area (Å²) in [4.78, 5) is 13.0. The maximum absolute atomic E-state index is 11.8. The van der Waals surface area contributed by atoms with Gasteiger partial charge >= 0.3 is 0 Å². The van der Waals surface area contributed by atoms with Crippen molar-refractivity contribution in [3.63, 3.8) is 0 Å². The first-order valence-electron chi connectivity index (χ1n) is 6.43. The number of hydrogen-bond acceptors (Lipinski definition) is 3. The lowest BCUT2D eigenvalue weighted by Crippen LogP contribution is -2.34. The predicted octanol–water partition coefficient (Wildman–Crippen LogP) is 3.48. The molecule has 2 aromatic rings. The number of nitrogens with one attached hydrogen (secondary N) is 2. The first-order chi connectivity index (χ1) is 9.66.